The fourth-order valence-electron chi connectivity index (χ4n) is 0.830. The van der Waals surface area contributed by atoms with Gasteiger partial charge in [-0.2, -0.15) is 26.3 Å². The second kappa shape index (κ2) is 3.84. The van der Waals surface area contributed by atoms with E-state index in [0.29, 0.717) is 0 Å². The highest BCUT2D eigenvalue weighted by atomic mass is 32.2. The molecule has 92 valence electrons. The fourth-order valence-corrected chi connectivity index (χ4v) is 2.12. The highest BCUT2D eigenvalue weighted by Crippen LogP contribution is 2.39. The number of hydrogen-bond donors (Lipinski definition) is 0. The van der Waals surface area contributed by atoms with Gasteiger partial charge in [0.25, 0.3) is 5.25 Å². The second-order valence-electron chi connectivity index (χ2n) is 3.10. The maximum Gasteiger partial charge on any atom is 0.414 e. The van der Waals surface area contributed by atoms with E-state index in [0.717, 1.165) is 13.8 Å². The third-order valence-electron chi connectivity index (χ3n) is 1.58. The van der Waals surface area contributed by atoms with E-state index in [9.17, 15) is 34.8 Å². The smallest absolute Gasteiger partial charge is 0.228 e. The summed E-state index contributed by atoms with van der Waals surface area (Å²) in [4.78, 5) is 0. The molecule has 0 bridgehead atoms. The molecule has 0 N–H and O–H groups in total. The quantitative estimate of drug-likeness (QED) is 0.712. The molecule has 0 rings (SSSR count). The Morgan fingerprint density at radius 1 is 0.867 bits per heavy atom. The number of hydrogen-bond acceptors (Lipinski definition) is 2. The molecular weight excluding hydrogens is 250 g/mol. The topological polar surface area (TPSA) is 34.1 Å². The predicted octanol–water partition coefficient (Wildman–Crippen LogP) is 2.30. The van der Waals surface area contributed by atoms with Crippen molar-refractivity contribution in [2.24, 2.45) is 0 Å². The number of alkyl halides is 6. The van der Waals surface area contributed by atoms with Gasteiger partial charge in [0.05, 0.1) is 5.25 Å². The van der Waals surface area contributed by atoms with Gasteiger partial charge < -0.3 is 0 Å². The highest BCUT2D eigenvalue weighted by Gasteiger charge is 2.64. The van der Waals surface area contributed by atoms with Gasteiger partial charge in [0.15, 0.2) is 9.84 Å². The molecule has 0 radical (unpaired) electrons. The first-order valence-corrected chi connectivity index (χ1v) is 5.28. The van der Waals surface area contributed by atoms with E-state index in [1.54, 1.807) is 0 Å². The summed E-state index contributed by atoms with van der Waals surface area (Å²) < 4.78 is 93.6. The predicted molar refractivity (Wildman–Crippen MR) is 40.0 cm³/mol. The molecule has 0 saturated carbocycles. The third-order valence-corrected chi connectivity index (χ3v) is 4.09. The van der Waals surface area contributed by atoms with Gasteiger partial charge in [-0.05, 0) is 13.8 Å². The van der Waals surface area contributed by atoms with Crippen LogP contribution in [0.4, 0.5) is 26.3 Å². The van der Waals surface area contributed by atoms with Crippen molar-refractivity contribution in [1.82, 2.24) is 0 Å². The van der Waals surface area contributed by atoms with Crippen molar-refractivity contribution in [1.29, 1.82) is 0 Å². The minimum atomic E-state index is -5.85. The Morgan fingerprint density at radius 2 is 1.13 bits per heavy atom. The summed E-state index contributed by atoms with van der Waals surface area (Å²) in [6, 6.07) is 0. The van der Waals surface area contributed by atoms with Gasteiger partial charge in [-0.15, -0.1) is 0 Å². The minimum Gasteiger partial charge on any atom is -0.228 e. The Hall–Kier alpha value is -0.470. The van der Waals surface area contributed by atoms with Gasteiger partial charge in [-0.1, -0.05) is 0 Å². The molecular formula is C6H8F6O2S. The van der Waals surface area contributed by atoms with Gasteiger partial charge in [0.1, 0.15) is 0 Å². The van der Waals surface area contributed by atoms with E-state index >= 15 is 0 Å². The molecule has 0 heterocycles. The van der Waals surface area contributed by atoms with E-state index < -0.39 is 32.7 Å². The van der Waals surface area contributed by atoms with Crippen LogP contribution in [0.3, 0.4) is 0 Å². The monoisotopic (exact) mass is 258 g/mol. The van der Waals surface area contributed by atoms with Crippen molar-refractivity contribution >= 4 is 9.84 Å². The molecule has 0 aromatic carbocycles. The summed E-state index contributed by atoms with van der Waals surface area (Å²) in [7, 11) is -5.30. The molecule has 0 aromatic heterocycles. The minimum absolute atomic E-state index is 0.764. The third kappa shape index (κ3) is 3.25. The first-order valence-electron chi connectivity index (χ1n) is 3.67. The lowest BCUT2D eigenvalue weighted by molar-refractivity contribution is -0.226. The molecule has 0 aliphatic rings. The van der Waals surface area contributed by atoms with E-state index in [1.807, 2.05) is 0 Å². The van der Waals surface area contributed by atoms with Crippen molar-refractivity contribution in [3.8, 4) is 0 Å². The van der Waals surface area contributed by atoms with Crippen LogP contribution >= 0.6 is 0 Å². The van der Waals surface area contributed by atoms with Crippen molar-refractivity contribution in [3.05, 3.63) is 0 Å². The molecule has 0 spiro atoms. The van der Waals surface area contributed by atoms with Crippen LogP contribution in [-0.4, -0.2) is 31.3 Å². The van der Waals surface area contributed by atoms with Crippen molar-refractivity contribution < 1.29 is 34.8 Å². The summed E-state index contributed by atoms with van der Waals surface area (Å²) in [5.41, 5.74) is 0. The van der Waals surface area contributed by atoms with Gasteiger partial charge >= 0.3 is 12.4 Å². The maximum absolute atomic E-state index is 12.0. The van der Waals surface area contributed by atoms with Crippen molar-refractivity contribution in [3.63, 3.8) is 0 Å². The van der Waals surface area contributed by atoms with Crippen LogP contribution in [0.5, 0.6) is 0 Å². The summed E-state index contributed by atoms with van der Waals surface area (Å²) >= 11 is 0. The van der Waals surface area contributed by atoms with E-state index in [-0.39, 0.29) is 0 Å². The zero-order chi connectivity index (χ0) is 12.7. The summed E-state index contributed by atoms with van der Waals surface area (Å²) in [5.74, 6) is 0. The Bertz CT molecular complexity index is 297. The summed E-state index contributed by atoms with van der Waals surface area (Å²) in [5, 5.41) is -6.05. The SMILES string of the molecule is CC(C)S(=O)(=O)C(C(F)(F)F)C(F)(F)F. The number of halogens is 6. The van der Waals surface area contributed by atoms with Crippen LogP contribution in [0.15, 0.2) is 0 Å². The molecule has 15 heavy (non-hydrogen) atoms. The van der Waals surface area contributed by atoms with Crippen LogP contribution < -0.4 is 0 Å². The normalized spacial score (nSPS) is 15.1. The fraction of sp³-hybridized carbons (Fsp3) is 1.00. The molecule has 0 atom stereocenters. The molecule has 0 aliphatic carbocycles. The molecule has 0 unspecified atom stereocenters. The zero-order valence-electron chi connectivity index (χ0n) is 7.65. The van der Waals surface area contributed by atoms with Gasteiger partial charge in [0.2, 0.25) is 0 Å². The summed E-state index contributed by atoms with van der Waals surface area (Å²) in [6.07, 6.45) is -11.7. The Morgan fingerprint density at radius 3 is 1.20 bits per heavy atom. The molecule has 0 aromatic rings. The van der Waals surface area contributed by atoms with Crippen LogP contribution in [0.25, 0.3) is 0 Å². The first-order chi connectivity index (χ1) is 6.31. The second-order valence-corrected chi connectivity index (χ2v) is 5.69. The lowest BCUT2D eigenvalue weighted by atomic mass is 10.4. The maximum atomic E-state index is 12.0. The Kier molecular flexibility index (Phi) is 3.72. The Balaban J connectivity index is 5.55. The molecule has 0 saturated heterocycles. The molecule has 0 aliphatic heterocycles. The molecule has 0 fully saturated rings. The van der Waals surface area contributed by atoms with Crippen molar-refractivity contribution in [2.45, 2.75) is 36.7 Å². The van der Waals surface area contributed by atoms with Crippen molar-refractivity contribution in [2.75, 3.05) is 0 Å². The number of sulfone groups is 1. The van der Waals surface area contributed by atoms with Gasteiger partial charge in [0, 0.05) is 0 Å². The molecule has 2 nitrogen and oxygen atoms in total. The molecule has 0 amide bonds. The first kappa shape index (κ1) is 14.5. The van der Waals surface area contributed by atoms with Crippen LogP contribution in [0.2, 0.25) is 0 Å². The molecule has 9 heteroatoms. The van der Waals surface area contributed by atoms with E-state index in [1.165, 1.54) is 0 Å². The highest BCUT2D eigenvalue weighted by molar-refractivity contribution is 7.92. The van der Waals surface area contributed by atoms with E-state index in [4.69, 9.17) is 0 Å². The number of rotatable bonds is 2. The van der Waals surface area contributed by atoms with Crippen LogP contribution in [-0.2, 0) is 9.84 Å². The van der Waals surface area contributed by atoms with E-state index in [2.05, 4.69) is 0 Å². The largest absolute Gasteiger partial charge is 0.414 e. The lowest BCUT2D eigenvalue weighted by Crippen LogP contribution is -2.50. The summed E-state index contributed by atoms with van der Waals surface area (Å²) in [6.45, 7) is 1.53. The Labute approximate surface area is 82.2 Å². The van der Waals surface area contributed by atoms with Gasteiger partial charge in [-0.25, -0.2) is 8.42 Å². The van der Waals surface area contributed by atoms with Crippen LogP contribution in [0.1, 0.15) is 13.8 Å². The average Bonchev–Trinajstić information content (AvgIpc) is 1.76. The average molecular weight is 258 g/mol. The van der Waals surface area contributed by atoms with Crippen LogP contribution in [0, 0.1) is 0 Å². The van der Waals surface area contributed by atoms with Gasteiger partial charge in [-0.3, -0.25) is 0 Å². The lowest BCUT2D eigenvalue weighted by Gasteiger charge is -2.24. The zero-order valence-corrected chi connectivity index (χ0v) is 8.46. The standard InChI is InChI=1S/C6H8F6O2S/c1-3(2)15(13,14)4(5(7,8)9)6(10,11)12/h3-4H,1-2H3.